The minimum Gasteiger partial charge on any atom is -0.381 e. The van der Waals surface area contributed by atoms with Gasteiger partial charge in [-0.1, -0.05) is 23.7 Å². The topological polar surface area (TPSA) is 26.3 Å². The Labute approximate surface area is 101 Å². The van der Waals surface area contributed by atoms with Crippen LogP contribution in [0.1, 0.15) is 28.8 Å². The molecule has 1 fully saturated rings. The lowest BCUT2D eigenvalue weighted by Gasteiger charge is -2.20. The second-order valence-electron chi connectivity index (χ2n) is 4.21. The molecule has 1 aromatic rings. The Morgan fingerprint density at radius 1 is 1.38 bits per heavy atom. The van der Waals surface area contributed by atoms with E-state index in [-0.39, 0.29) is 11.7 Å². The zero-order valence-electron chi connectivity index (χ0n) is 9.33. The zero-order chi connectivity index (χ0) is 11.5. The van der Waals surface area contributed by atoms with E-state index in [2.05, 4.69) is 0 Å². The molecular formula is C13H15ClO2. The van der Waals surface area contributed by atoms with Gasteiger partial charge in [0.1, 0.15) is 0 Å². The molecule has 0 saturated carbocycles. The minimum atomic E-state index is 0.104. The van der Waals surface area contributed by atoms with Crippen molar-refractivity contribution >= 4 is 17.4 Å². The number of benzene rings is 1. The van der Waals surface area contributed by atoms with Crippen LogP contribution in [0.25, 0.3) is 0 Å². The summed E-state index contributed by atoms with van der Waals surface area (Å²) in [6.45, 7) is 3.32. The van der Waals surface area contributed by atoms with Crippen LogP contribution in [0.3, 0.4) is 0 Å². The van der Waals surface area contributed by atoms with E-state index >= 15 is 0 Å². The highest BCUT2D eigenvalue weighted by Gasteiger charge is 2.22. The lowest BCUT2D eigenvalue weighted by Crippen LogP contribution is -2.23. The van der Waals surface area contributed by atoms with E-state index in [9.17, 15) is 4.79 Å². The summed E-state index contributed by atoms with van der Waals surface area (Å²) in [6, 6.07) is 5.53. The summed E-state index contributed by atoms with van der Waals surface area (Å²) < 4.78 is 5.25. The molecule has 1 aromatic carbocycles. The van der Waals surface area contributed by atoms with Crippen molar-refractivity contribution in [3.05, 3.63) is 34.3 Å². The molecule has 2 rings (SSSR count). The van der Waals surface area contributed by atoms with Gasteiger partial charge in [0.05, 0.1) is 0 Å². The highest BCUT2D eigenvalue weighted by Crippen LogP contribution is 2.23. The molecule has 0 atom stereocenters. The van der Waals surface area contributed by atoms with Gasteiger partial charge in [-0.15, -0.1) is 0 Å². The molecule has 0 N–H and O–H groups in total. The van der Waals surface area contributed by atoms with Crippen LogP contribution >= 0.6 is 11.6 Å². The lowest BCUT2D eigenvalue weighted by molar-refractivity contribution is 0.0545. The Bertz CT molecular complexity index is 395. The number of Topliss-reactive ketones (excluding diaryl/α,β-unsaturated/α-hetero) is 1. The molecule has 0 amide bonds. The number of hydrogen-bond acceptors (Lipinski definition) is 2. The molecule has 16 heavy (non-hydrogen) atoms. The predicted octanol–water partition coefficient (Wildman–Crippen LogP) is 3.26. The largest absolute Gasteiger partial charge is 0.381 e. The van der Waals surface area contributed by atoms with Crippen molar-refractivity contribution in [1.82, 2.24) is 0 Å². The minimum absolute atomic E-state index is 0.104. The zero-order valence-corrected chi connectivity index (χ0v) is 10.1. The molecule has 86 valence electrons. The molecule has 0 unspecified atom stereocenters. The Balaban J connectivity index is 2.16. The van der Waals surface area contributed by atoms with Crippen LogP contribution in [0.4, 0.5) is 0 Å². The van der Waals surface area contributed by atoms with Crippen LogP contribution < -0.4 is 0 Å². The summed E-state index contributed by atoms with van der Waals surface area (Å²) in [5.74, 6) is 0.303. The third-order valence-electron chi connectivity index (χ3n) is 3.05. The van der Waals surface area contributed by atoms with Crippen LogP contribution in [-0.2, 0) is 4.74 Å². The number of rotatable bonds is 2. The number of aryl methyl sites for hydroxylation is 1. The van der Waals surface area contributed by atoms with Crippen LogP contribution in [0.2, 0.25) is 5.02 Å². The Kier molecular flexibility index (Phi) is 3.62. The van der Waals surface area contributed by atoms with E-state index in [1.54, 1.807) is 6.07 Å². The smallest absolute Gasteiger partial charge is 0.166 e. The molecule has 0 aliphatic carbocycles. The van der Waals surface area contributed by atoms with Gasteiger partial charge in [-0.25, -0.2) is 0 Å². The SMILES string of the molecule is Cc1ccc(C(=O)C2CCOCC2)cc1Cl. The molecule has 1 heterocycles. The van der Waals surface area contributed by atoms with E-state index in [1.807, 2.05) is 19.1 Å². The van der Waals surface area contributed by atoms with Crippen molar-refractivity contribution in [2.45, 2.75) is 19.8 Å². The maximum Gasteiger partial charge on any atom is 0.166 e. The molecule has 0 bridgehead atoms. The molecule has 0 spiro atoms. The van der Waals surface area contributed by atoms with Crippen molar-refractivity contribution < 1.29 is 9.53 Å². The summed E-state index contributed by atoms with van der Waals surface area (Å²) in [5, 5.41) is 0.665. The lowest BCUT2D eigenvalue weighted by atomic mass is 9.91. The number of carbonyl (C=O) groups is 1. The highest BCUT2D eigenvalue weighted by molar-refractivity contribution is 6.31. The fraction of sp³-hybridized carbons (Fsp3) is 0.462. The third kappa shape index (κ3) is 2.45. The Morgan fingerprint density at radius 3 is 2.69 bits per heavy atom. The van der Waals surface area contributed by atoms with Crippen molar-refractivity contribution in [2.24, 2.45) is 5.92 Å². The number of carbonyl (C=O) groups excluding carboxylic acids is 1. The normalized spacial score (nSPS) is 17.4. The fourth-order valence-corrected chi connectivity index (χ4v) is 2.12. The van der Waals surface area contributed by atoms with Crippen molar-refractivity contribution in [2.75, 3.05) is 13.2 Å². The van der Waals surface area contributed by atoms with Gasteiger partial charge in [-0.05, 0) is 31.4 Å². The third-order valence-corrected chi connectivity index (χ3v) is 3.46. The van der Waals surface area contributed by atoms with Gasteiger partial charge in [0, 0.05) is 29.7 Å². The number of halogens is 1. The summed E-state index contributed by atoms with van der Waals surface area (Å²) in [7, 11) is 0. The second-order valence-corrected chi connectivity index (χ2v) is 4.62. The molecule has 0 radical (unpaired) electrons. The van der Waals surface area contributed by atoms with Crippen LogP contribution in [-0.4, -0.2) is 19.0 Å². The van der Waals surface area contributed by atoms with E-state index in [0.29, 0.717) is 18.2 Å². The first-order valence-corrected chi connectivity index (χ1v) is 5.94. The van der Waals surface area contributed by atoms with E-state index in [1.165, 1.54) is 0 Å². The summed E-state index contributed by atoms with van der Waals surface area (Å²) in [6.07, 6.45) is 1.65. The fourth-order valence-electron chi connectivity index (χ4n) is 1.94. The number of hydrogen-bond donors (Lipinski definition) is 0. The maximum absolute atomic E-state index is 12.1. The summed E-state index contributed by atoms with van der Waals surface area (Å²) in [5.41, 5.74) is 1.73. The van der Waals surface area contributed by atoms with Gasteiger partial charge in [0.15, 0.2) is 5.78 Å². The highest BCUT2D eigenvalue weighted by atomic mass is 35.5. The maximum atomic E-state index is 12.1. The first-order chi connectivity index (χ1) is 7.68. The van der Waals surface area contributed by atoms with Crippen LogP contribution in [0.5, 0.6) is 0 Å². The van der Waals surface area contributed by atoms with E-state index in [0.717, 1.165) is 24.0 Å². The average molecular weight is 239 g/mol. The molecular weight excluding hydrogens is 224 g/mol. The number of ketones is 1. The van der Waals surface area contributed by atoms with Crippen molar-refractivity contribution in [3.8, 4) is 0 Å². The van der Waals surface area contributed by atoms with Crippen LogP contribution in [0, 0.1) is 12.8 Å². The number of ether oxygens (including phenoxy) is 1. The van der Waals surface area contributed by atoms with Gasteiger partial charge in [-0.3, -0.25) is 4.79 Å². The van der Waals surface area contributed by atoms with Gasteiger partial charge in [-0.2, -0.15) is 0 Å². The summed E-state index contributed by atoms with van der Waals surface area (Å²) in [4.78, 5) is 12.1. The molecule has 3 heteroatoms. The van der Waals surface area contributed by atoms with Gasteiger partial charge in [0.25, 0.3) is 0 Å². The van der Waals surface area contributed by atoms with E-state index in [4.69, 9.17) is 16.3 Å². The quantitative estimate of drug-likeness (QED) is 0.740. The van der Waals surface area contributed by atoms with Gasteiger partial charge >= 0.3 is 0 Å². The molecule has 2 nitrogen and oxygen atoms in total. The molecule has 1 saturated heterocycles. The molecule has 1 aliphatic rings. The predicted molar refractivity (Wildman–Crippen MR) is 64.1 cm³/mol. The first-order valence-electron chi connectivity index (χ1n) is 5.56. The Morgan fingerprint density at radius 2 is 2.06 bits per heavy atom. The van der Waals surface area contributed by atoms with Gasteiger partial charge in [0.2, 0.25) is 0 Å². The average Bonchev–Trinajstić information content (AvgIpc) is 2.33. The first kappa shape index (κ1) is 11.6. The van der Waals surface area contributed by atoms with E-state index < -0.39 is 0 Å². The second kappa shape index (κ2) is 4.98. The monoisotopic (exact) mass is 238 g/mol. The molecule has 0 aromatic heterocycles. The standard InChI is InChI=1S/C13H15ClO2/c1-9-2-3-11(8-12(9)14)13(15)10-4-6-16-7-5-10/h2-3,8,10H,4-7H2,1H3. The van der Waals surface area contributed by atoms with Gasteiger partial charge < -0.3 is 4.74 Å². The van der Waals surface area contributed by atoms with Crippen molar-refractivity contribution in [3.63, 3.8) is 0 Å². The van der Waals surface area contributed by atoms with Crippen molar-refractivity contribution in [1.29, 1.82) is 0 Å². The molecule has 1 aliphatic heterocycles. The Hall–Kier alpha value is -0.860. The van der Waals surface area contributed by atoms with Crippen LogP contribution in [0.15, 0.2) is 18.2 Å². The summed E-state index contributed by atoms with van der Waals surface area (Å²) >= 11 is 6.02.